The molecule has 0 saturated heterocycles. The van der Waals surface area contributed by atoms with E-state index in [9.17, 15) is 4.79 Å². The Bertz CT molecular complexity index is 963. The summed E-state index contributed by atoms with van der Waals surface area (Å²) in [5, 5.41) is 8.87. The first-order valence-corrected chi connectivity index (χ1v) is 7.63. The quantitative estimate of drug-likeness (QED) is 0.506. The van der Waals surface area contributed by atoms with E-state index in [2.05, 4.69) is 15.2 Å². The van der Waals surface area contributed by atoms with Gasteiger partial charge in [-0.15, -0.1) is 10.2 Å². The van der Waals surface area contributed by atoms with E-state index in [-0.39, 0.29) is 0 Å². The summed E-state index contributed by atoms with van der Waals surface area (Å²) in [7, 11) is 1.32. The number of esters is 1. The first-order chi connectivity index (χ1) is 11.5. The molecular formula is C17H15ClN4O2. The first-order valence-electron chi connectivity index (χ1n) is 7.25. The topological polar surface area (TPSA) is 68.3 Å². The fourth-order valence-corrected chi connectivity index (χ4v) is 2.52. The van der Waals surface area contributed by atoms with Crippen LogP contribution in [0, 0.1) is 13.8 Å². The lowest BCUT2D eigenvalue weighted by atomic mass is 10.2. The molecule has 3 aromatic rings. The number of methoxy groups -OCH3 is 1. The van der Waals surface area contributed by atoms with E-state index in [0.717, 1.165) is 16.9 Å². The van der Waals surface area contributed by atoms with Crippen molar-refractivity contribution in [1.29, 1.82) is 0 Å². The Hall–Kier alpha value is -2.73. The fraction of sp³-hybridized carbons (Fsp3) is 0.176. The second-order valence-corrected chi connectivity index (χ2v) is 5.67. The summed E-state index contributed by atoms with van der Waals surface area (Å²) in [6.45, 7) is 3.85. The number of nitrogens with zero attached hydrogens (tertiary/aromatic N) is 4. The maximum atomic E-state index is 11.6. The van der Waals surface area contributed by atoms with Gasteiger partial charge < -0.3 is 4.74 Å². The van der Waals surface area contributed by atoms with E-state index < -0.39 is 5.97 Å². The van der Waals surface area contributed by atoms with Gasteiger partial charge in [-0.1, -0.05) is 17.7 Å². The minimum absolute atomic E-state index is 0.363. The van der Waals surface area contributed by atoms with Crippen LogP contribution in [0.25, 0.3) is 5.65 Å². The average Bonchev–Trinajstić information content (AvgIpc) is 2.90. The molecule has 0 bridgehead atoms. The van der Waals surface area contributed by atoms with Crippen LogP contribution in [0.15, 0.2) is 46.8 Å². The van der Waals surface area contributed by atoms with Gasteiger partial charge in [0.2, 0.25) is 0 Å². The van der Waals surface area contributed by atoms with E-state index in [4.69, 9.17) is 16.3 Å². The fourth-order valence-electron chi connectivity index (χ4n) is 2.36. The van der Waals surface area contributed by atoms with Gasteiger partial charge in [0.1, 0.15) is 11.3 Å². The highest BCUT2D eigenvalue weighted by molar-refractivity contribution is 6.33. The molecule has 3 rings (SSSR count). The number of hydrogen-bond acceptors (Lipinski definition) is 5. The maximum Gasteiger partial charge on any atom is 0.337 e. The second kappa shape index (κ2) is 6.41. The summed E-state index contributed by atoms with van der Waals surface area (Å²) in [5.74, 6) is 0.165. The lowest BCUT2D eigenvalue weighted by Crippen LogP contribution is -2.00. The van der Waals surface area contributed by atoms with Gasteiger partial charge in [-0.2, -0.15) is 0 Å². The molecule has 6 nitrogen and oxygen atoms in total. The van der Waals surface area contributed by atoms with Crippen molar-refractivity contribution in [1.82, 2.24) is 9.38 Å². The molecular weight excluding hydrogens is 328 g/mol. The number of benzene rings is 1. The molecule has 0 aliphatic carbocycles. The number of fused-ring (bicyclic) bond motifs is 1. The van der Waals surface area contributed by atoms with Crippen molar-refractivity contribution in [2.75, 3.05) is 7.11 Å². The van der Waals surface area contributed by atoms with Gasteiger partial charge in [-0.25, -0.2) is 9.78 Å². The van der Waals surface area contributed by atoms with E-state index in [1.807, 2.05) is 36.6 Å². The highest BCUT2D eigenvalue weighted by Gasteiger charge is 2.11. The number of aryl methyl sites for hydroxylation is 2. The zero-order valence-corrected chi connectivity index (χ0v) is 14.2. The van der Waals surface area contributed by atoms with Crippen molar-refractivity contribution in [2.45, 2.75) is 13.8 Å². The molecule has 1 aromatic carbocycles. The van der Waals surface area contributed by atoms with Crippen LogP contribution in [0.2, 0.25) is 5.02 Å². The normalized spacial score (nSPS) is 11.3. The predicted molar refractivity (Wildman–Crippen MR) is 91.6 cm³/mol. The number of imidazole rings is 1. The Morgan fingerprint density at radius 1 is 1.25 bits per heavy atom. The third-order valence-corrected chi connectivity index (χ3v) is 3.93. The second-order valence-electron chi connectivity index (χ2n) is 5.26. The largest absolute Gasteiger partial charge is 0.465 e. The van der Waals surface area contributed by atoms with Crippen molar-refractivity contribution in [3.63, 3.8) is 0 Å². The molecule has 0 atom stereocenters. The molecule has 0 aliphatic rings. The molecule has 0 unspecified atom stereocenters. The highest BCUT2D eigenvalue weighted by atomic mass is 35.5. The molecule has 0 aliphatic heterocycles. The van der Waals surface area contributed by atoms with E-state index >= 15 is 0 Å². The predicted octanol–water partition coefficient (Wildman–Crippen LogP) is 4.81. The van der Waals surface area contributed by atoms with Gasteiger partial charge in [0.25, 0.3) is 0 Å². The number of halogens is 1. The Labute approximate surface area is 143 Å². The smallest absolute Gasteiger partial charge is 0.337 e. The summed E-state index contributed by atoms with van der Waals surface area (Å²) < 4.78 is 6.57. The van der Waals surface area contributed by atoms with Crippen LogP contribution < -0.4 is 0 Å². The number of azo groups is 1. The lowest BCUT2D eigenvalue weighted by molar-refractivity contribution is 0.0601. The van der Waals surface area contributed by atoms with Crippen molar-refractivity contribution >= 4 is 34.7 Å². The first kappa shape index (κ1) is 16.1. The monoisotopic (exact) mass is 342 g/mol. The third kappa shape index (κ3) is 2.88. The highest BCUT2D eigenvalue weighted by Crippen LogP contribution is 2.30. The summed E-state index contributed by atoms with van der Waals surface area (Å²) in [6.07, 6.45) is 1.88. The number of carbonyl (C=O) groups is 1. The molecule has 7 heteroatoms. The summed E-state index contributed by atoms with van der Waals surface area (Å²) in [5.41, 5.74) is 3.39. The van der Waals surface area contributed by atoms with E-state index in [0.29, 0.717) is 22.1 Å². The number of hydrogen-bond donors (Lipinski definition) is 0. The molecule has 122 valence electrons. The van der Waals surface area contributed by atoms with Gasteiger partial charge in [0.05, 0.1) is 23.4 Å². The van der Waals surface area contributed by atoms with Crippen molar-refractivity contribution in [3.05, 3.63) is 58.4 Å². The van der Waals surface area contributed by atoms with Gasteiger partial charge in [0.15, 0.2) is 5.82 Å². The molecule has 0 radical (unpaired) electrons. The van der Waals surface area contributed by atoms with Crippen LogP contribution in [-0.2, 0) is 4.74 Å². The van der Waals surface area contributed by atoms with E-state index in [1.165, 1.54) is 7.11 Å². The Morgan fingerprint density at radius 3 is 2.79 bits per heavy atom. The van der Waals surface area contributed by atoms with E-state index in [1.54, 1.807) is 18.2 Å². The molecule has 2 heterocycles. The summed E-state index contributed by atoms with van der Waals surface area (Å²) in [6, 6.07) is 8.62. The minimum atomic E-state index is -0.454. The maximum absolute atomic E-state index is 11.6. The zero-order chi connectivity index (χ0) is 17.3. The average molecular weight is 343 g/mol. The lowest BCUT2D eigenvalue weighted by Gasteiger charge is -2.02. The van der Waals surface area contributed by atoms with Crippen LogP contribution in [0.4, 0.5) is 11.5 Å². The van der Waals surface area contributed by atoms with Crippen molar-refractivity contribution in [3.8, 4) is 0 Å². The standard InChI is InChI=1S/C17H15ClN4O2/c1-10-5-4-8-22-15(10)19-11(2)16(22)21-20-14-9-12(17(23)24-3)6-7-13(14)18/h4-9H,1-3H3. The Balaban J connectivity index is 2.04. The van der Waals surface area contributed by atoms with Crippen molar-refractivity contribution < 1.29 is 9.53 Å². The Morgan fingerprint density at radius 2 is 2.04 bits per heavy atom. The number of aromatic nitrogens is 2. The van der Waals surface area contributed by atoms with Crippen molar-refractivity contribution in [2.24, 2.45) is 10.2 Å². The van der Waals surface area contributed by atoms with Gasteiger partial charge in [0, 0.05) is 6.20 Å². The SMILES string of the molecule is COC(=O)c1ccc(Cl)c(N=Nc2c(C)nc3c(C)cccn23)c1. The third-order valence-electron chi connectivity index (χ3n) is 3.61. The zero-order valence-electron chi connectivity index (χ0n) is 13.4. The summed E-state index contributed by atoms with van der Waals surface area (Å²) >= 11 is 6.14. The molecule has 0 fully saturated rings. The molecule has 0 spiro atoms. The molecule has 0 amide bonds. The van der Waals surface area contributed by atoms with Crippen LogP contribution in [0.3, 0.4) is 0 Å². The van der Waals surface area contributed by atoms with Gasteiger partial charge in [-0.05, 0) is 43.7 Å². The molecule has 0 saturated carbocycles. The number of pyridine rings is 1. The Kier molecular flexibility index (Phi) is 4.31. The van der Waals surface area contributed by atoms with Crippen LogP contribution in [-0.4, -0.2) is 22.5 Å². The number of carbonyl (C=O) groups excluding carboxylic acids is 1. The molecule has 2 aromatic heterocycles. The molecule has 24 heavy (non-hydrogen) atoms. The van der Waals surface area contributed by atoms with Crippen LogP contribution >= 0.6 is 11.6 Å². The minimum Gasteiger partial charge on any atom is -0.465 e. The van der Waals surface area contributed by atoms with Gasteiger partial charge >= 0.3 is 5.97 Å². The number of rotatable bonds is 3. The summed E-state index contributed by atoms with van der Waals surface area (Å²) in [4.78, 5) is 16.1. The van der Waals surface area contributed by atoms with Crippen LogP contribution in [0.1, 0.15) is 21.6 Å². The number of ether oxygens (including phenoxy) is 1. The molecule has 0 N–H and O–H groups in total. The van der Waals surface area contributed by atoms with Gasteiger partial charge in [-0.3, -0.25) is 4.40 Å². The van der Waals surface area contributed by atoms with Crippen LogP contribution in [0.5, 0.6) is 0 Å².